The Balaban J connectivity index is 1.96. The molecule has 1 fully saturated rings. The van der Waals surface area contributed by atoms with E-state index in [2.05, 4.69) is 21.2 Å². The summed E-state index contributed by atoms with van der Waals surface area (Å²) in [6.07, 6.45) is 4.00. The smallest absolute Gasteiger partial charge is 0.137 e. The molecule has 0 amide bonds. The van der Waals surface area contributed by atoms with Gasteiger partial charge in [-0.3, -0.25) is 0 Å². The normalized spacial score (nSPS) is 15.4. The summed E-state index contributed by atoms with van der Waals surface area (Å²) in [5, 5.41) is 3.36. The van der Waals surface area contributed by atoms with Gasteiger partial charge in [-0.15, -0.1) is 0 Å². The van der Waals surface area contributed by atoms with Crippen LogP contribution in [0.1, 0.15) is 24.8 Å². The molecule has 0 atom stereocenters. The summed E-state index contributed by atoms with van der Waals surface area (Å²) in [6.45, 7) is 2.92. The molecule has 0 bridgehead atoms. The minimum absolute atomic E-state index is 0.194. The van der Waals surface area contributed by atoms with E-state index in [1.807, 2.05) is 13.0 Å². The number of hydrogen-bond donors (Lipinski definition) is 1. The number of halogens is 2. The molecule has 0 aromatic heterocycles. The molecular weight excluding hydrogens is 257 g/mol. The highest BCUT2D eigenvalue weighted by Crippen LogP contribution is 2.32. The Morgan fingerprint density at radius 3 is 2.87 bits per heavy atom. The van der Waals surface area contributed by atoms with Crippen molar-refractivity contribution in [1.82, 2.24) is 0 Å². The molecule has 0 spiro atoms. The van der Waals surface area contributed by atoms with E-state index < -0.39 is 0 Å². The third-order valence-electron chi connectivity index (χ3n) is 2.83. The molecule has 1 aliphatic carbocycles. The molecular formula is C12H15BrFN. The highest BCUT2D eigenvalue weighted by Gasteiger charge is 2.20. The Morgan fingerprint density at radius 1 is 1.47 bits per heavy atom. The second-order valence-corrected chi connectivity index (χ2v) is 5.09. The summed E-state index contributed by atoms with van der Waals surface area (Å²) in [4.78, 5) is 0. The summed E-state index contributed by atoms with van der Waals surface area (Å²) in [7, 11) is 0. The predicted molar refractivity (Wildman–Crippen MR) is 64.7 cm³/mol. The first kappa shape index (κ1) is 10.9. The SMILES string of the molecule is Cc1cc(F)c(Br)cc1NCCC1CC1. The van der Waals surface area contributed by atoms with Crippen LogP contribution in [-0.2, 0) is 0 Å². The molecule has 1 aromatic carbocycles. The summed E-state index contributed by atoms with van der Waals surface area (Å²) in [5.41, 5.74) is 2.00. The van der Waals surface area contributed by atoms with E-state index in [0.717, 1.165) is 23.7 Å². The van der Waals surface area contributed by atoms with Crippen LogP contribution in [0.2, 0.25) is 0 Å². The predicted octanol–water partition coefficient (Wildman–Crippen LogP) is 4.11. The Labute approximate surface area is 98.2 Å². The van der Waals surface area contributed by atoms with E-state index >= 15 is 0 Å². The molecule has 0 aliphatic heterocycles. The number of hydrogen-bond acceptors (Lipinski definition) is 1. The first-order valence-corrected chi connectivity index (χ1v) is 6.15. The van der Waals surface area contributed by atoms with E-state index in [4.69, 9.17) is 0 Å². The maximum atomic E-state index is 13.1. The number of rotatable bonds is 4. The van der Waals surface area contributed by atoms with E-state index in [9.17, 15) is 4.39 Å². The van der Waals surface area contributed by atoms with Crippen molar-refractivity contribution in [1.29, 1.82) is 0 Å². The summed E-state index contributed by atoms with van der Waals surface area (Å²) >= 11 is 3.20. The lowest BCUT2D eigenvalue weighted by atomic mass is 10.2. The molecule has 0 unspecified atom stereocenters. The fourth-order valence-electron chi connectivity index (χ4n) is 1.65. The Kier molecular flexibility index (Phi) is 3.29. The van der Waals surface area contributed by atoms with Crippen molar-refractivity contribution in [2.45, 2.75) is 26.2 Å². The van der Waals surface area contributed by atoms with Gasteiger partial charge in [0.2, 0.25) is 0 Å². The monoisotopic (exact) mass is 271 g/mol. The minimum atomic E-state index is -0.194. The zero-order valence-electron chi connectivity index (χ0n) is 8.82. The van der Waals surface area contributed by atoms with Gasteiger partial charge in [-0.2, -0.15) is 0 Å². The van der Waals surface area contributed by atoms with Crippen molar-refractivity contribution in [3.8, 4) is 0 Å². The Bertz CT molecular complexity index is 361. The highest BCUT2D eigenvalue weighted by atomic mass is 79.9. The van der Waals surface area contributed by atoms with Crippen LogP contribution in [0.15, 0.2) is 16.6 Å². The summed E-state index contributed by atoms with van der Waals surface area (Å²) < 4.78 is 13.7. The maximum absolute atomic E-state index is 13.1. The van der Waals surface area contributed by atoms with E-state index in [1.165, 1.54) is 19.3 Å². The van der Waals surface area contributed by atoms with Gasteiger partial charge in [0.25, 0.3) is 0 Å². The molecule has 1 saturated carbocycles. The van der Waals surface area contributed by atoms with Gasteiger partial charge in [0.15, 0.2) is 0 Å². The first-order chi connectivity index (χ1) is 7.16. The lowest BCUT2D eigenvalue weighted by molar-refractivity contribution is 0.620. The van der Waals surface area contributed by atoms with Gasteiger partial charge >= 0.3 is 0 Å². The molecule has 1 aromatic rings. The average molecular weight is 272 g/mol. The van der Waals surface area contributed by atoms with Crippen molar-refractivity contribution >= 4 is 21.6 Å². The second-order valence-electron chi connectivity index (χ2n) is 4.24. The molecule has 0 saturated heterocycles. The Morgan fingerprint density at radius 2 is 2.20 bits per heavy atom. The molecule has 1 N–H and O–H groups in total. The van der Waals surface area contributed by atoms with E-state index in [-0.39, 0.29) is 5.82 Å². The van der Waals surface area contributed by atoms with Crippen LogP contribution in [0.5, 0.6) is 0 Å². The van der Waals surface area contributed by atoms with Crippen molar-refractivity contribution in [2.75, 3.05) is 11.9 Å². The van der Waals surface area contributed by atoms with Crippen molar-refractivity contribution < 1.29 is 4.39 Å². The third-order valence-corrected chi connectivity index (χ3v) is 3.44. The quantitative estimate of drug-likeness (QED) is 0.869. The number of nitrogens with one attached hydrogen (secondary N) is 1. The van der Waals surface area contributed by atoms with Crippen molar-refractivity contribution in [3.05, 3.63) is 28.0 Å². The molecule has 3 heteroatoms. The molecule has 2 rings (SSSR count). The van der Waals surface area contributed by atoms with Gasteiger partial charge < -0.3 is 5.32 Å². The van der Waals surface area contributed by atoms with Crippen LogP contribution in [0.25, 0.3) is 0 Å². The van der Waals surface area contributed by atoms with Gasteiger partial charge in [0.1, 0.15) is 5.82 Å². The van der Waals surface area contributed by atoms with Gasteiger partial charge in [-0.05, 0) is 52.9 Å². The van der Waals surface area contributed by atoms with Crippen LogP contribution in [0, 0.1) is 18.7 Å². The van der Waals surface area contributed by atoms with Crippen LogP contribution < -0.4 is 5.32 Å². The van der Waals surface area contributed by atoms with Gasteiger partial charge in [-0.25, -0.2) is 4.39 Å². The van der Waals surface area contributed by atoms with Crippen molar-refractivity contribution in [3.63, 3.8) is 0 Å². The van der Waals surface area contributed by atoms with Crippen LogP contribution in [0.4, 0.5) is 10.1 Å². The lowest BCUT2D eigenvalue weighted by Gasteiger charge is -2.10. The van der Waals surface area contributed by atoms with E-state index in [0.29, 0.717) is 4.47 Å². The molecule has 0 heterocycles. The van der Waals surface area contributed by atoms with E-state index in [1.54, 1.807) is 6.07 Å². The van der Waals surface area contributed by atoms with Crippen molar-refractivity contribution in [2.24, 2.45) is 5.92 Å². The molecule has 82 valence electrons. The summed E-state index contributed by atoms with van der Waals surface area (Å²) in [5.74, 6) is 0.738. The fourth-order valence-corrected chi connectivity index (χ4v) is 2.00. The zero-order valence-corrected chi connectivity index (χ0v) is 10.4. The molecule has 15 heavy (non-hydrogen) atoms. The largest absolute Gasteiger partial charge is 0.385 e. The number of aryl methyl sites for hydroxylation is 1. The fraction of sp³-hybridized carbons (Fsp3) is 0.500. The standard InChI is InChI=1S/C12H15BrFN/c1-8-6-11(14)10(13)7-12(8)15-5-4-9-2-3-9/h6-7,9,15H,2-5H2,1H3. The van der Waals surface area contributed by atoms with Gasteiger partial charge in [0.05, 0.1) is 4.47 Å². The number of benzene rings is 1. The number of anilines is 1. The minimum Gasteiger partial charge on any atom is -0.385 e. The second kappa shape index (κ2) is 4.52. The highest BCUT2D eigenvalue weighted by molar-refractivity contribution is 9.10. The molecule has 1 nitrogen and oxygen atoms in total. The molecule has 1 aliphatic rings. The Hall–Kier alpha value is -0.570. The van der Waals surface area contributed by atoms with Gasteiger partial charge in [-0.1, -0.05) is 12.8 Å². The molecule has 0 radical (unpaired) electrons. The van der Waals surface area contributed by atoms with Crippen LogP contribution in [-0.4, -0.2) is 6.54 Å². The van der Waals surface area contributed by atoms with Crippen LogP contribution >= 0.6 is 15.9 Å². The lowest BCUT2D eigenvalue weighted by Crippen LogP contribution is -2.04. The van der Waals surface area contributed by atoms with Gasteiger partial charge in [0, 0.05) is 12.2 Å². The maximum Gasteiger partial charge on any atom is 0.137 e. The average Bonchev–Trinajstić information content (AvgIpc) is 2.97. The first-order valence-electron chi connectivity index (χ1n) is 5.36. The summed E-state index contributed by atoms with van der Waals surface area (Å²) in [6, 6.07) is 3.38. The van der Waals surface area contributed by atoms with Crippen LogP contribution in [0.3, 0.4) is 0 Å². The zero-order chi connectivity index (χ0) is 10.8. The topological polar surface area (TPSA) is 12.0 Å². The third kappa shape index (κ3) is 2.94.